The number of aromatic nitrogens is 2. The Labute approximate surface area is 139 Å². The van der Waals surface area contributed by atoms with Crippen molar-refractivity contribution in [3.05, 3.63) is 53.1 Å². The Morgan fingerprint density at radius 2 is 2.33 bits per heavy atom. The van der Waals surface area contributed by atoms with Crippen molar-refractivity contribution in [2.75, 3.05) is 25.4 Å². The molecule has 1 aromatic carbocycles. The minimum absolute atomic E-state index is 0.139. The molecule has 7 heteroatoms. The molecule has 0 spiro atoms. The van der Waals surface area contributed by atoms with Crippen LogP contribution in [0, 0.1) is 12.7 Å². The average Bonchev–Trinajstić information content (AvgIpc) is 2.54. The first-order chi connectivity index (χ1) is 11.5. The summed E-state index contributed by atoms with van der Waals surface area (Å²) in [5.74, 6) is -0.263. The van der Waals surface area contributed by atoms with E-state index in [1.165, 1.54) is 18.3 Å². The van der Waals surface area contributed by atoms with Gasteiger partial charge in [-0.3, -0.25) is 4.79 Å². The molecule has 126 valence electrons. The minimum atomic E-state index is -0.272. The number of nitrogens with zero attached hydrogens (tertiary/aromatic N) is 3. The van der Waals surface area contributed by atoms with Crippen LogP contribution in [0.15, 0.2) is 30.5 Å². The summed E-state index contributed by atoms with van der Waals surface area (Å²) >= 11 is 0. The minimum Gasteiger partial charge on any atom is -0.374 e. The van der Waals surface area contributed by atoms with Crippen LogP contribution in [0.1, 0.15) is 21.6 Å². The van der Waals surface area contributed by atoms with Gasteiger partial charge in [0.05, 0.1) is 24.0 Å². The lowest BCUT2D eigenvalue weighted by Gasteiger charge is -2.33. The number of rotatable bonds is 3. The van der Waals surface area contributed by atoms with Crippen molar-refractivity contribution < 1.29 is 13.9 Å². The summed E-state index contributed by atoms with van der Waals surface area (Å²) in [6, 6.07) is 6.42. The number of hydrogen-bond donors (Lipinski definition) is 1. The van der Waals surface area contributed by atoms with Gasteiger partial charge in [0.1, 0.15) is 5.82 Å². The zero-order valence-electron chi connectivity index (χ0n) is 13.4. The monoisotopic (exact) mass is 330 g/mol. The lowest BCUT2D eigenvalue weighted by Crippen LogP contribution is -2.46. The molecule has 24 heavy (non-hydrogen) atoms. The van der Waals surface area contributed by atoms with Gasteiger partial charge >= 0.3 is 0 Å². The average molecular weight is 330 g/mol. The van der Waals surface area contributed by atoms with Crippen LogP contribution in [0.2, 0.25) is 0 Å². The molecule has 1 saturated heterocycles. The molecular formula is C17H19FN4O2. The Morgan fingerprint density at radius 3 is 3.08 bits per heavy atom. The molecule has 1 aliphatic rings. The predicted molar refractivity (Wildman–Crippen MR) is 86.9 cm³/mol. The largest absolute Gasteiger partial charge is 0.374 e. The number of aryl methyl sites for hydroxylation is 1. The van der Waals surface area contributed by atoms with Crippen LogP contribution in [0.4, 0.5) is 10.3 Å². The van der Waals surface area contributed by atoms with Gasteiger partial charge in [0.15, 0.2) is 0 Å². The van der Waals surface area contributed by atoms with E-state index >= 15 is 0 Å². The number of hydrogen-bond acceptors (Lipinski definition) is 5. The Bertz CT molecular complexity index is 753. The van der Waals surface area contributed by atoms with Crippen molar-refractivity contribution in [2.45, 2.75) is 19.4 Å². The van der Waals surface area contributed by atoms with Crippen molar-refractivity contribution in [1.29, 1.82) is 0 Å². The molecule has 6 nitrogen and oxygen atoms in total. The quantitative estimate of drug-likeness (QED) is 0.924. The van der Waals surface area contributed by atoms with E-state index in [4.69, 9.17) is 10.5 Å². The second-order valence-corrected chi connectivity index (χ2v) is 5.81. The van der Waals surface area contributed by atoms with E-state index < -0.39 is 0 Å². The third-order valence-corrected chi connectivity index (χ3v) is 4.01. The van der Waals surface area contributed by atoms with Gasteiger partial charge in [-0.1, -0.05) is 12.1 Å². The lowest BCUT2D eigenvalue weighted by molar-refractivity contribution is -0.0209. The fourth-order valence-electron chi connectivity index (χ4n) is 2.82. The number of carbonyl (C=O) groups excluding carboxylic acids is 1. The fraction of sp³-hybridized carbons (Fsp3) is 0.353. The third kappa shape index (κ3) is 3.68. The summed E-state index contributed by atoms with van der Waals surface area (Å²) in [5, 5.41) is 0. The van der Waals surface area contributed by atoms with E-state index in [1.54, 1.807) is 17.9 Å². The molecule has 1 amide bonds. The van der Waals surface area contributed by atoms with E-state index in [1.807, 2.05) is 6.07 Å². The van der Waals surface area contributed by atoms with Gasteiger partial charge in [0.2, 0.25) is 5.95 Å². The summed E-state index contributed by atoms with van der Waals surface area (Å²) in [5.41, 5.74) is 7.37. The zero-order chi connectivity index (χ0) is 17.1. The van der Waals surface area contributed by atoms with Crippen LogP contribution in [0.3, 0.4) is 0 Å². The van der Waals surface area contributed by atoms with Crippen molar-refractivity contribution in [2.24, 2.45) is 0 Å². The van der Waals surface area contributed by atoms with Crippen molar-refractivity contribution >= 4 is 11.9 Å². The van der Waals surface area contributed by atoms with E-state index in [-0.39, 0.29) is 23.8 Å². The van der Waals surface area contributed by atoms with Crippen LogP contribution >= 0.6 is 0 Å². The predicted octanol–water partition coefficient (Wildman–Crippen LogP) is 1.59. The highest BCUT2D eigenvalue weighted by Gasteiger charge is 2.26. The van der Waals surface area contributed by atoms with Gasteiger partial charge in [-0.25, -0.2) is 14.4 Å². The molecule has 0 radical (unpaired) electrons. The molecule has 1 fully saturated rings. The molecule has 1 aromatic heterocycles. The first kappa shape index (κ1) is 16.3. The van der Waals surface area contributed by atoms with Gasteiger partial charge in [0.25, 0.3) is 5.91 Å². The standard InChI is InChI=1S/C17H19FN4O2/c1-11-15(9-20-17(19)21-11)16(23)22-5-6-24-14(10-22)8-12-3-2-4-13(18)7-12/h2-4,7,9,14H,5-6,8,10H2,1H3,(H2,19,20,21). The van der Waals surface area contributed by atoms with Gasteiger partial charge in [0, 0.05) is 25.7 Å². The second-order valence-electron chi connectivity index (χ2n) is 5.81. The van der Waals surface area contributed by atoms with E-state index in [0.29, 0.717) is 37.4 Å². The molecule has 1 unspecified atom stereocenters. The second kappa shape index (κ2) is 6.92. The Kier molecular flexibility index (Phi) is 4.71. The number of anilines is 1. The molecule has 3 rings (SSSR count). The van der Waals surface area contributed by atoms with Crippen molar-refractivity contribution in [1.82, 2.24) is 14.9 Å². The molecule has 0 saturated carbocycles. The van der Waals surface area contributed by atoms with E-state index in [2.05, 4.69) is 9.97 Å². The smallest absolute Gasteiger partial charge is 0.257 e. The van der Waals surface area contributed by atoms with Crippen LogP contribution in [-0.4, -0.2) is 46.6 Å². The molecule has 1 atom stereocenters. The topological polar surface area (TPSA) is 81.3 Å². The number of halogens is 1. The third-order valence-electron chi connectivity index (χ3n) is 4.01. The van der Waals surface area contributed by atoms with E-state index in [9.17, 15) is 9.18 Å². The number of nitrogen functional groups attached to an aromatic ring is 1. The molecule has 0 aliphatic carbocycles. The maximum atomic E-state index is 13.3. The zero-order valence-corrected chi connectivity index (χ0v) is 13.4. The highest BCUT2D eigenvalue weighted by molar-refractivity contribution is 5.95. The number of ether oxygens (including phenoxy) is 1. The summed E-state index contributed by atoms with van der Waals surface area (Å²) in [6.45, 7) is 3.12. The molecule has 2 N–H and O–H groups in total. The van der Waals surface area contributed by atoms with Crippen LogP contribution in [-0.2, 0) is 11.2 Å². The number of benzene rings is 1. The number of morpholine rings is 1. The Morgan fingerprint density at radius 1 is 1.50 bits per heavy atom. The SMILES string of the molecule is Cc1nc(N)ncc1C(=O)N1CCOC(Cc2cccc(F)c2)C1. The first-order valence-corrected chi connectivity index (χ1v) is 7.77. The van der Waals surface area contributed by atoms with Crippen LogP contribution < -0.4 is 5.73 Å². The molecule has 1 aliphatic heterocycles. The summed E-state index contributed by atoms with van der Waals surface area (Å²) in [6.07, 6.45) is 1.84. The number of amides is 1. The molecule has 0 bridgehead atoms. The van der Waals surface area contributed by atoms with Crippen molar-refractivity contribution in [3.8, 4) is 0 Å². The number of carbonyl (C=O) groups is 1. The highest BCUT2D eigenvalue weighted by atomic mass is 19.1. The Balaban J connectivity index is 1.69. The Hall–Kier alpha value is -2.54. The molecule has 2 aromatic rings. The van der Waals surface area contributed by atoms with Crippen molar-refractivity contribution in [3.63, 3.8) is 0 Å². The van der Waals surface area contributed by atoms with Gasteiger partial charge < -0.3 is 15.4 Å². The summed E-state index contributed by atoms with van der Waals surface area (Å²) < 4.78 is 19.0. The number of nitrogens with two attached hydrogens (primary N) is 1. The lowest BCUT2D eigenvalue weighted by atomic mass is 10.1. The van der Waals surface area contributed by atoms with E-state index in [0.717, 1.165) is 5.56 Å². The fourth-order valence-corrected chi connectivity index (χ4v) is 2.82. The maximum absolute atomic E-state index is 13.3. The summed E-state index contributed by atoms with van der Waals surface area (Å²) in [7, 11) is 0. The van der Waals surface area contributed by atoms with Crippen LogP contribution in [0.25, 0.3) is 0 Å². The van der Waals surface area contributed by atoms with Gasteiger partial charge in [-0.2, -0.15) is 0 Å². The normalized spacial score (nSPS) is 17.8. The first-order valence-electron chi connectivity index (χ1n) is 7.77. The van der Waals surface area contributed by atoms with Gasteiger partial charge in [-0.05, 0) is 24.6 Å². The molecule has 2 heterocycles. The molecular weight excluding hydrogens is 311 g/mol. The summed E-state index contributed by atoms with van der Waals surface area (Å²) in [4.78, 5) is 22.3. The maximum Gasteiger partial charge on any atom is 0.257 e. The highest BCUT2D eigenvalue weighted by Crippen LogP contribution is 2.16. The van der Waals surface area contributed by atoms with Gasteiger partial charge in [-0.15, -0.1) is 0 Å². The van der Waals surface area contributed by atoms with Crippen LogP contribution in [0.5, 0.6) is 0 Å².